The van der Waals surface area contributed by atoms with Gasteiger partial charge in [0, 0.05) is 25.6 Å². The zero-order valence-corrected chi connectivity index (χ0v) is 9.74. The Morgan fingerprint density at radius 2 is 2.29 bits per heavy atom. The number of nitrogens with zero attached hydrogens (tertiary/aromatic N) is 1. The largest absolute Gasteiger partial charge is 0.337 e. The minimum Gasteiger partial charge on any atom is -0.337 e. The summed E-state index contributed by atoms with van der Waals surface area (Å²) in [5, 5.41) is 5.84. The van der Waals surface area contributed by atoms with Crippen LogP contribution in [0.15, 0.2) is 24.3 Å². The van der Waals surface area contributed by atoms with Crippen molar-refractivity contribution >= 4 is 11.7 Å². The van der Waals surface area contributed by atoms with Gasteiger partial charge < -0.3 is 10.6 Å². The summed E-state index contributed by atoms with van der Waals surface area (Å²) in [7, 11) is 1.86. The molecule has 1 saturated heterocycles. The molecule has 1 atom stereocenters. The smallest absolute Gasteiger partial charge is 0.321 e. The molecule has 1 aliphatic rings. The van der Waals surface area contributed by atoms with Gasteiger partial charge in [-0.05, 0) is 19.2 Å². The second-order valence-electron chi connectivity index (χ2n) is 4.17. The van der Waals surface area contributed by atoms with Crippen LogP contribution in [0.3, 0.4) is 0 Å². The number of hydrogen-bond acceptors (Lipinski definition) is 2. The van der Waals surface area contributed by atoms with E-state index in [9.17, 15) is 9.18 Å². The maximum Gasteiger partial charge on any atom is 0.321 e. The summed E-state index contributed by atoms with van der Waals surface area (Å²) in [6.45, 7) is 1.96. The number of para-hydroxylation sites is 1. The number of anilines is 1. The van der Waals surface area contributed by atoms with Crippen molar-refractivity contribution < 1.29 is 9.18 Å². The van der Waals surface area contributed by atoms with Gasteiger partial charge in [-0.15, -0.1) is 0 Å². The van der Waals surface area contributed by atoms with Gasteiger partial charge in [0.05, 0.1) is 5.69 Å². The molecule has 0 aliphatic carbocycles. The molecule has 1 fully saturated rings. The summed E-state index contributed by atoms with van der Waals surface area (Å²) in [6.07, 6.45) is 0. The van der Waals surface area contributed by atoms with E-state index in [1.807, 2.05) is 7.05 Å². The minimum atomic E-state index is -0.368. The van der Waals surface area contributed by atoms with Crippen molar-refractivity contribution in [2.45, 2.75) is 0 Å². The lowest BCUT2D eigenvalue weighted by atomic mass is 10.1. The second-order valence-corrected chi connectivity index (χ2v) is 4.17. The first-order valence-corrected chi connectivity index (χ1v) is 5.67. The Balaban J connectivity index is 2.18. The summed E-state index contributed by atoms with van der Waals surface area (Å²) in [6, 6.07) is 6.10. The monoisotopic (exact) mass is 237 g/mol. The molecule has 1 aliphatic heterocycles. The Morgan fingerprint density at radius 1 is 1.53 bits per heavy atom. The topological polar surface area (TPSA) is 44.4 Å². The number of rotatable bonds is 3. The minimum absolute atomic E-state index is 0.234. The van der Waals surface area contributed by atoms with Crippen molar-refractivity contribution in [2.24, 2.45) is 5.92 Å². The zero-order valence-electron chi connectivity index (χ0n) is 9.74. The van der Waals surface area contributed by atoms with E-state index in [2.05, 4.69) is 10.6 Å². The van der Waals surface area contributed by atoms with Crippen LogP contribution in [-0.2, 0) is 0 Å². The van der Waals surface area contributed by atoms with Crippen LogP contribution >= 0.6 is 0 Å². The van der Waals surface area contributed by atoms with Crippen LogP contribution in [0.25, 0.3) is 0 Å². The summed E-state index contributed by atoms with van der Waals surface area (Å²) in [5.74, 6) is -0.0786. The molecule has 1 aromatic rings. The number of hydrogen-bond donors (Lipinski definition) is 2. The second kappa shape index (κ2) is 5.14. The Labute approximate surface area is 99.8 Å². The lowest BCUT2D eigenvalue weighted by molar-refractivity contribution is 0.236. The predicted octanol–water partition coefficient (Wildman–Crippen LogP) is 1.19. The van der Waals surface area contributed by atoms with Gasteiger partial charge in [0.2, 0.25) is 0 Å². The first-order valence-electron chi connectivity index (χ1n) is 5.67. The highest BCUT2D eigenvalue weighted by atomic mass is 19.1. The van der Waals surface area contributed by atoms with E-state index in [4.69, 9.17) is 0 Å². The van der Waals surface area contributed by atoms with Crippen molar-refractivity contribution in [1.29, 1.82) is 0 Å². The zero-order chi connectivity index (χ0) is 12.3. The van der Waals surface area contributed by atoms with Crippen molar-refractivity contribution in [3.8, 4) is 0 Å². The van der Waals surface area contributed by atoms with Gasteiger partial charge in [-0.2, -0.15) is 0 Å². The molecule has 1 unspecified atom stereocenters. The average molecular weight is 237 g/mol. The normalized spacial score (nSPS) is 20.2. The summed E-state index contributed by atoms with van der Waals surface area (Å²) >= 11 is 0. The van der Waals surface area contributed by atoms with E-state index < -0.39 is 0 Å². The molecule has 2 amide bonds. The van der Waals surface area contributed by atoms with Gasteiger partial charge in [-0.3, -0.25) is 4.90 Å². The fourth-order valence-corrected chi connectivity index (χ4v) is 2.04. The van der Waals surface area contributed by atoms with Crippen molar-refractivity contribution in [1.82, 2.24) is 10.6 Å². The fourth-order valence-electron chi connectivity index (χ4n) is 2.04. The molecule has 92 valence electrons. The van der Waals surface area contributed by atoms with Crippen LogP contribution in [-0.4, -0.2) is 32.7 Å². The van der Waals surface area contributed by atoms with Crippen molar-refractivity contribution in [3.05, 3.63) is 30.1 Å². The number of urea groups is 1. The molecule has 2 rings (SSSR count). The number of amides is 2. The standard InChI is InChI=1S/C12H16FN3O/c1-14-6-9-7-15-12(17)16(8-9)11-5-3-2-4-10(11)13/h2-5,9,14H,6-8H2,1H3,(H,15,17). The van der Waals surface area contributed by atoms with Crippen molar-refractivity contribution in [3.63, 3.8) is 0 Å². The van der Waals surface area contributed by atoms with E-state index in [0.717, 1.165) is 6.54 Å². The van der Waals surface area contributed by atoms with E-state index in [0.29, 0.717) is 18.8 Å². The molecule has 17 heavy (non-hydrogen) atoms. The Morgan fingerprint density at radius 3 is 3.00 bits per heavy atom. The predicted molar refractivity (Wildman–Crippen MR) is 64.6 cm³/mol. The number of halogens is 1. The summed E-state index contributed by atoms with van der Waals surface area (Å²) < 4.78 is 13.6. The van der Waals surface area contributed by atoms with Gasteiger partial charge in [-0.1, -0.05) is 12.1 Å². The summed E-state index contributed by atoms with van der Waals surface area (Å²) in [4.78, 5) is 13.2. The van der Waals surface area contributed by atoms with Crippen LogP contribution in [0.2, 0.25) is 0 Å². The third-order valence-electron chi connectivity index (χ3n) is 2.86. The number of benzene rings is 1. The van der Waals surface area contributed by atoms with E-state index >= 15 is 0 Å². The molecule has 4 nitrogen and oxygen atoms in total. The van der Waals surface area contributed by atoms with Crippen LogP contribution < -0.4 is 15.5 Å². The molecule has 0 spiro atoms. The van der Waals surface area contributed by atoms with Crippen molar-refractivity contribution in [2.75, 3.05) is 31.6 Å². The number of carbonyl (C=O) groups is 1. The fraction of sp³-hybridized carbons (Fsp3) is 0.417. The number of nitrogens with one attached hydrogen (secondary N) is 2. The number of carbonyl (C=O) groups excluding carboxylic acids is 1. The highest BCUT2D eigenvalue weighted by molar-refractivity contribution is 5.92. The molecule has 0 bridgehead atoms. The van der Waals surface area contributed by atoms with Gasteiger partial charge in [0.1, 0.15) is 5.82 Å². The average Bonchev–Trinajstić information content (AvgIpc) is 2.33. The molecule has 2 N–H and O–H groups in total. The molecule has 0 aromatic heterocycles. The van der Waals surface area contributed by atoms with E-state index in [1.54, 1.807) is 18.2 Å². The van der Waals surface area contributed by atoms with Gasteiger partial charge >= 0.3 is 6.03 Å². The van der Waals surface area contributed by atoms with Crippen LogP contribution in [0.4, 0.5) is 14.9 Å². The third-order valence-corrected chi connectivity index (χ3v) is 2.86. The quantitative estimate of drug-likeness (QED) is 0.829. The van der Waals surface area contributed by atoms with Gasteiger partial charge in [0.15, 0.2) is 0 Å². The molecule has 5 heteroatoms. The maximum absolute atomic E-state index is 13.6. The first-order chi connectivity index (χ1) is 8.22. The van der Waals surface area contributed by atoms with Gasteiger partial charge in [0.25, 0.3) is 0 Å². The third kappa shape index (κ3) is 2.55. The van der Waals surface area contributed by atoms with Crippen LogP contribution in [0.1, 0.15) is 0 Å². The molecule has 0 saturated carbocycles. The molecule has 0 radical (unpaired) electrons. The highest BCUT2D eigenvalue weighted by Gasteiger charge is 2.27. The first kappa shape index (κ1) is 11.9. The highest BCUT2D eigenvalue weighted by Crippen LogP contribution is 2.21. The Hall–Kier alpha value is -1.62. The van der Waals surface area contributed by atoms with E-state index in [-0.39, 0.29) is 17.8 Å². The lowest BCUT2D eigenvalue weighted by Gasteiger charge is -2.33. The Kier molecular flexibility index (Phi) is 3.58. The van der Waals surface area contributed by atoms with Crippen LogP contribution in [0.5, 0.6) is 0 Å². The van der Waals surface area contributed by atoms with Crippen LogP contribution in [0, 0.1) is 11.7 Å². The molecular formula is C12H16FN3O. The lowest BCUT2D eigenvalue weighted by Crippen LogP contribution is -2.53. The van der Waals surface area contributed by atoms with Gasteiger partial charge in [-0.25, -0.2) is 9.18 Å². The Bertz CT molecular complexity index is 410. The summed E-state index contributed by atoms with van der Waals surface area (Å²) in [5.41, 5.74) is 0.339. The molecular weight excluding hydrogens is 221 g/mol. The van der Waals surface area contributed by atoms with E-state index in [1.165, 1.54) is 11.0 Å². The SMILES string of the molecule is CNCC1CNC(=O)N(c2ccccc2F)C1. The molecule has 1 heterocycles. The maximum atomic E-state index is 13.6. The molecule has 1 aromatic carbocycles.